The van der Waals surface area contributed by atoms with Gasteiger partial charge < -0.3 is 10.1 Å². The monoisotopic (exact) mass is 549 g/mol. The lowest BCUT2D eigenvalue weighted by Crippen LogP contribution is -2.13. The Morgan fingerprint density at radius 3 is 2.68 bits per heavy atom. The Morgan fingerprint density at radius 2 is 1.91 bits per heavy atom. The van der Waals surface area contributed by atoms with Gasteiger partial charge in [-0.15, -0.1) is 22.7 Å². The summed E-state index contributed by atoms with van der Waals surface area (Å²) in [4.78, 5) is 23.6. The van der Waals surface area contributed by atoms with Crippen molar-refractivity contribution in [2.24, 2.45) is 0 Å². The Labute approximate surface area is 220 Å². The third kappa shape index (κ3) is 6.73. The van der Waals surface area contributed by atoms with Gasteiger partial charge in [-0.3, -0.25) is 4.79 Å². The molecule has 2 aromatic carbocycles. The van der Waals surface area contributed by atoms with Crippen LogP contribution in [0.2, 0.25) is 10.0 Å². The molecule has 1 N–H and O–H groups in total. The van der Waals surface area contributed by atoms with Gasteiger partial charge in [0.1, 0.15) is 5.75 Å². The molecule has 0 unspecified atom stereocenters. The number of hydrogen-bond donors (Lipinski definition) is 1. The zero-order chi connectivity index (χ0) is 24.1. The second kappa shape index (κ2) is 11.6. The number of thiazole rings is 2. The highest BCUT2D eigenvalue weighted by Gasteiger charge is 2.14. The van der Waals surface area contributed by atoms with Gasteiger partial charge in [-0.05, 0) is 48.4 Å². The molecule has 4 rings (SSSR count). The van der Waals surface area contributed by atoms with Gasteiger partial charge in [-0.1, -0.05) is 47.1 Å². The Kier molecular flexibility index (Phi) is 8.50. The number of nitrogens with one attached hydrogen (secondary N) is 1. The van der Waals surface area contributed by atoms with Gasteiger partial charge in [-0.2, -0.15) is 0 Å². The lowest BCUT2D eigenvalue weighted by atomic mass is 10.1. The maximum atomic E-state index is 12.5. The molecule has 0 saturated carbocycles. The lowest BCUT2D eigenvalue weighted by molar-refractivity contribution is -0.113. The molecule has 0 radical (unpaired) electrons. The van der Waals surface area contributed by atoms with Gasteiger partial charge >= 0.3 is 0 Å². The van der Waals surface area contributed by atoms with Crippen LogP contribution >= 0.6 is 57.6 Å². The van der Waals surface area contributed by atoms with Gasteiger partial charge in [-0.25, -0.2) is 9.97 Å². The molecular formula is C24H21Cl2N3O2S3. The first-order chi connectivity index (χ1) is 16.4. The molecule has 0 fully saturated rings. The first-order valence-corrected chi connectivity index (χ1v) is 13.7. The van der Waals surface area contributed by atoms with Crippen molar-refractivity contribution >= 4 is 68.7 Å². The summed E-state index contributed by atoms with van der Waals surface area (Å²) in [7, 11) is 1.65. The Balaban J connectivity index is 1.29. The molecule has 10 heteroatoms. The topological polar surface area (TPSA) is 64.1 Å². The summed E-state index contributed by atoms with van der Waals surface area (Å²) in [5.74, 6) is 0.981. The first kappa shape index (κ1) is 25.0. The number of benzene rings is 2. The number of nitrogens with zero attached hydrogens (tertiary/aromatic N) is 2. The molecule has 0 aliphatic heterocycles. The molecule has 34 heavy (non-hydrogen) atoms. The zero-order valence-corrected chi connectivity index (χ0v) is 22.4. The third-order valence-electron chi connectivity index (χ3n) is 4.90. The van der Waals surface area contributed by atoms with Crippen molar-refractivity contribution in [2.75, 3.05) is 18.2 Å². The van der Waals surface area contributed by atoms with Crippen molar-refractivity contribution < 1.29 is 9.53 Å². The number of carbonyl (C=O) groups is 1. The highest BCUT2D eigenvalue weighted by molar-refractivity contribution is 8.01. The highest BCUT2D eigenvalue weighted by atomic mass is 35.5. The normalized spacial score (nSPS) is 10.9. The van der Waals surface area contributed by atoms with Crippen molar-refractivity contribution in [3.05, 3.63) is 85.3 Å². The zero-order valence-electron chi connectivity index (χ0n) is 18.4. The van der Waals surface area contributed by atoms with Crippen LogP contribution in [-0.2, 0) is 17.6 Å². The molecule has 2 heterocycles. The molecular weight excluding hydrogens is 529 g/mol. The van der Waals surface area contributed by atoms with E-state index in [4.69, 9.17) is 27.9 Å². The van der Waals surface area contributed by atoms with E-state index in [0.29, 0.717) is 21.6 Å². The van der Waals surface area contributed by atoms with Crippen molar-refractivity contribution in [1.82, 2.24) is 9.97 Å². The minimum atomic E-state index is -0.109. The smallest absolute Gasteiger partial charge is 0.236 e. The van der Waals surface area contributed by atoms with Crippen molar-refractivity contribution in [3.8, 4) is 5.75 Å². The molecule has 176 valence electrons. The second-order valence-electron chi connectivity index (χ2n) is 7.39. The van der Waals surface area contributed by atoms with Crippen molar-refractivity contribution in [1.29, 1.82) is 0 Å². The summed E-state index contributed by atoms with van der Waals surface area (Å²) < 4.78 is 6.04. The van der Waals surface area contributed by atoms with E-state index in [1.165, 1.54) is 23.1 Å². The van der Waals surface area contributed by atoms with Crippen LogP contribution < -0.4 is 10.1 Å². The van der Waals surface area contributed by atoms with Crippen LogP contribution in [-0.4, -0.2) is 28.7 Å². The predicted octanol–water partition coefficient (Wildman–Crippen LogP) is 7.14. The molecule has 4 aromatic rings. The van der Waals surface area contributed by atoms with Crippen LogP contribution in [0.15, 0.2) is 53.0 Å². The SMILES string of the molecule is COc1ccc(Cc2cnc(NC(=O)CSc3nc(C)c(Cc4cc(Cl)ccc4Cl)s3)s2)cc1. The summed E-state index contributed by atoms with van der Waals surface area (Å²) in [6.45, 7) is 1.97. The van der Waals surface area contributed by atoms with Crippen LogP contribution in [0, 0.1) is 6.92 Å². The average Bonchev–Trinajstić information content (AvgIpc) is 3.41. The van der Waals surface area contributed by atoms with E-state index < -0.39 is 0 Å². The fourth-order valence-electron chi connectivity index (χ4n) is 3.15. The van der Waals surface area contributed by atoms with Gasteiger partial charge in [0.15, 0.2) is 9.47 Å². The van der Waals surface area contributed by atoms with Crippen molar-refractivity contribution in [3.63, 3.8) is 0 Å². The quantitative estimate of drug-likeness (QED) is 0.225. The van der Waals surface area contributed by atoms with E-state index in [0.717, 1.165) is 43.1 Å². The molecule has 0 aliphatic rings. The fourth-order valence-corrected chi connectivity index (χ4v) is 6.45. The number of hydrogen-bond acceptors (Lipinski definition) is 7. The van der Waals surface area contributed by atoms with Gasteiger partial charge in [0.25, 0.3) is 0 Å². The molecule has 0 spiro atoms. The summed E-state index contributed by atoms with van der Waals surface area (Å²) in [5.41, 5.74) is 3.06. The second-order valence-corrected chi connectivity index (χ2v) is 11.7. The van der Waals surface area contributed by atoms with E-state index in [2.05, 4.69) is 15.3 Å². The lowest BCUT2D eigenvalue weighted by Gasteiger charge is -2.03. The third-order valence-corrected chi connectivity index (χ3v) is 8.71. The number of aromatic nitrogens is 2. The highest BCUT2D eigenvalue weighted by Crippen LogP contribution is 2.31. The van der Waals surface area contributed by atoms with Crippen LogP contribution in [0.5, 0.6) is 5.75 Å². The van der Waals surface area contributed by atoms with E-state index in [1.807, 2.05) is 37.3 Å². The summed E-state index contributed by atoms with van der Waals surface area (Å²) in [6, 6.07) is 13.4. The summed E-state index contributed by atoms with van der Waals surface area (Å²) >= 11 is 16.9. The van der Waals surface area contributed by atoms with Crippen LogP contribution in [0.3, 0.4) is 0 Å². The average molecular weight is 551 g/mol. The maximum absolute atomic E-state index is 12.5. The van der Waals surface area contributed by atoms with E-state index >= 15 is 0 Å². The van der Waals surface area contributed by atoms with Crippen LogP contribution in [0.4, 0.5) is 5.13 Å². The largest absolute Gasteiger partial charge is 0.497 e. The predicted molar refractivity (Wildman–Crippen MR) is 143 cm³/mol. The Morgan fingerprint density at radius 1 is 1.12 bits per heavy atom. The molecule has 0 atom stereocenters. The number of thioether (sulfide) groups is 1. The molecule has 0 saturated heterocycles. The number of ether oxygens (including phenoxy) is 1. The molecule has 5 nitrogen and oxygen atoms in total. The van der Waals surface area contributed by atoms with Gasteiger partial charge in [0, 0.05) is 38.8 Å². The maximum Gasteiger partial charge on any atom is 0.236 e. The van der Waals surface area contributed by atoms with Crippen molar-refractivity contribution in [2.45, 2.75) is 24.1 Å². The number of methoxy groups -OCH3 is 1. The Hall–Kier alpha value is -2.10. The fraction of sp³-hybridized carbons (Fsp3) is 0.208. The van der Waals surface area contributed by atoms with E-state index in [9.17, 15) is 4.79 Å². The number of anilines is 1. The van der Waals surface area contributed by atoms with E-state index in [-0.39, 0.29) is 11.7 Å². The number of halogens is 2. The Bertz CT molecular complexity index is 1290. The standard InChI is InChI=1S/C24H21Cl2N3O2S3/c1-14-21(11-16-10-17(25)5-8-20(16)26)34-24(28-14)32-13-22(30)29-23-27-12-19(33-23)9-15-3-6-18(31-2)7-4-15/h3-8,10,12H,9,11,13H2,1-2H3,(H,27,29,30). The first-order valence-electron chi connectivity index (χ1n) is 10.3. The molecule has 0 bridgehead atoms. The number of aryl methyl sites for hydroxylation is 1. The minimum Gasteiger partial charge on any atom is -0.497 e. The van der Waals surface area contributed by atoms with E-state index in [1.54, 1.807) is 36.8 Å². The molecule has 2 aromatic heterocycles. The number of carbonyl (C=O) groups excluding carboxylic acids is 1. The van der Waals surface area contributed by atoms with Gasteiger partial charge in [0.05, 0.1) is 18.6 Å². The number of amides is 1. The summed E-state index contributed by atoms with van der Waals surface area (Å²) in [6.07, 6.45) is 3.21. The molecule has 0 aliphatic carbocycles. The van der Waals surface area contributed by atoms with Gasteiger partial charge in [0.2, 0.25) is 5.91 Å². The summed E-state index contributed by atoms with van der Waals surface area (Å²) in [5, 5.41) is 4.82. The number of rotatable bonds is 9. The molecule has 1 amide bonds. The van der Waals surface area contributed by atoms with Crippen LogP contribution in [0.1, 0.15) is 26.6 Å². The van der Waals surface area contributed by atoms with Crippen LogP contribution in [0.25, 0.3) is 0 Å². The minimum absolute atomic E-state index is 0.109.